The third-order valence-corrected chi connectivity index (χ3v) is 2.73. The van der Waals surface area contributed by atoms with Gasteiger partial charge in [0, 0.05) is 19.1 Å². The Labute approximate surface area is 81.9 Å². The molecule has 3 heteroatoms. The van der Waals surface area contributed by atoms with Crippen molar-refractivity contribution in [2.24, 2.45) is 11.1 Å². The highest BCUT2D eigenvalue weighted by Crippen LogP contribution is 2.20. The molecule has 1 atom stereocenters. The standard InChI is InChI=1S/C10H24N2O/c1-5-12(6-7-13)8-10(3,4)9(2)11/h9,13H,5-8,11H2,1-4H3. The Hall–Kier alpha value is -0.120. The van der Waals surface area contributed by atoms with E-state index in [0.29, 0.717) is 0 Å². The predicted octanol–water partition coefficient (Wildman–Crippen LogP) is 0.674. The fourth-order valence-electron chi connectivity index (χ4n) is 1.21. The van der Waals surface area contributed by atoms with Gasteiger partial charge in [0.15, 0.2) is 0 Å². The van der Waals surface area contributed by atoms with Crippen molar-refractivity contribution >= 4 is 0 Å². The molecule has 0 aromatic carbocycles. The van der Waals surface area contributed by atoms with Gasteiger partial charge in [-0.25, -0.2) is 0 Å². The van der Waals surface area contributed by atoms with E-state index in [0.717, 1.165) is 19.6 Å². The van der Waals surface area contributed by atoms with E-state index in [1.165, 1.54) is 0 Å². The molecule has 0 aromatic heterocycles. The van der Waals surface area contributed by atoms with Crippen molar-refractivity contribution in [3.05, 3.63) is 0 Å². The van der Waals surface area contributed by atoms with Gasteiger partial charge >= 0.3 is 0 Å². The molecular weight excluding hydrogens is 164 g/mol. The summed E-state index contributed by atoms with van der Waals surface area (Å²) in [6.45, 7) is 11.4. The van der Waals surface area contributed by atoms with Crippen LogP contribution >= 0.6 is 0 Å². The minimum atomic E-state index is 0.116. The van der Waals surface area contributed by atoms with Gasteiger partial charge in [0.1, 0.15) is 0 Å². The summed E-state index contributed by atoms with van der Waals surface area (Å²) in [6, 6.07) is 0.181. The molecule has 0 amide bonds. The number of aliphatic hydroxyl groups is 1. The molecule has 0 heterocycles. The summed E-state index contributed by atoms with van der Waals surface area (Å²) in [5.74, 6) is 0. The van der Waals surface area contributed by atoms with Crippen LogP contribution < -0.4 is 5.73 Å². The first-order valence-corrected chi connectivity index (χ1v) is 5.02. The minimum Gasteiger partial charge on any atom is -0.395 e. The Kier molecular flexibility index (Phi) is 5.53. The maximum atomic E-state index is 8.83. The third-order valence-electron chi connectivity index (χ3n) is 2.73. The van der Waals surface area contributed by atoms with Gasteiger partial charge in [-0.1, -0.05) is 20.8 Å². The van der Waals surface area contributed by atoms with Crippen molar-refractivity contribution in [1.82, 2.24) is 4.90 Å². The van der Waals surface area contributed by atoms with Gasteiger partial charge in [-0.2, -0.15) is 0 Å². The van der Waals surface area contributed by atoms with Crippen molar-refractivity contribution in [3.8, 4) is 0 Å². The first kappa shape index (κ1) is 12.9. The first-order valence-electron chi connectivity index (χ1n) is 5.02. The fraction of sp³-hybridized carbons (Fsp3) is 1.00. The summed E-state index contributed by atoms with van der Waals surface area (Å²) in [6.07, 6.45) is 0. The Morgan fingerprint density at radius 3 is 2.31 bits per heavy atom. The highest BCUT2D eigenvalue weighted by atomic mass is 16.3. The van der Waals surface area contributed by atoms with Crippen LogP contribution in [0.1, 0.15) is 27.7 Å². The van der Waals surface area contributed by atoms with Crippen molar-refractivity contribution in [2.75, 3.05) is 26.2 Å². The maximum absolute atomic E-state index is 8.83. The van der Waals surface area contributed by atoms with E-state index < -0.39 is 0 Å². The molecule has 80 valence electrons. The Bertz CT molecular complexity index is 135. The van der Waals surface area contributed by atoms with Crippen LogP contribution in [0, 0.1) is 5.41 Å². The average Bonchev–Trinajstić information content (AvgIpc) is 2.03. The molecule has 0 aliphatic heterocycles. The second kappa shape index (κ2) is 5.58. The number of aliphatic hydroxyl groups excluding tert-OH is 1. The number of nitrogens with two attached hydrogens (primary N) is 1. The second-order valence-corrected chi connectivity index (χ2v) is 4.37. The van der Waals surface area contributed by atoms with Gasteiger partial charge in [0.2, 0.25) is 0 Å². The molecule has 0 rings (SSSR count). The third kappa shape index (κ3) is 4.60. The molecule has 0 spiro atoms. The van der Waals surface area contributed by atoms with Gasteiger partial charge in [-0.15, -0.1) is 0 Å². The predicted molar refractivity (Wildman–Crippen MR) is 56.6 cm³/mol. The molecule has 0 bridgehead atoms. The maximum Gasteiger partial charge on any atom is 0.0558 e. The lowest BCUT2D eigenvalue weighted by Gasteiger charge is -2.34. The number of hydrogen-bond acceptors (Lipinski definition) is 3. The van der Waals surface area contributed by atoms with Crippen LogP contribution in [0.4, 0.5) is 0 Å². The number of hydrogen-bond donors (Lipinski definition) is 2. The molecular formula is C10H24N2O. The average molecular weight is 188 g/mol. The van der Waals surface area contributed by atoms with Gasteiger partial charge in [0.05, 0.1) is 6.61 Å². The van der Waals surface area contributed by atoms with Crippen molar-refractivity contribution in [2.45, 2.75) is 33.7 Å². The summed E-state index contributed by atoms with van der Waals surface area (Å²) < 4.78 is 0. The lowest BCUT2D eigenvalue weighted by atomic mass is 9.85. The zero-order chi connectivity index (χ0) is 10.5. The smallest absolute Gasteiger partial charge is 0.0558 e. The van der Waals surface area contributed by atoms with E-state index in [2.05, 4.69) is 25.7 Å². The number of rotatable bonds is 6. The summed E-state index contributed by atoms with van der Waals surface area (Å²) in [5.41, 5.74) is 6.00. The Morgan fingerprint density at radius 1 is 1.46 bits per heavy atom. The topological polar surface area (TPSA) is 49.5 Å². The van der Waals surface area contributed by atoms with Crippen molar-refractivity contribution in [1.29, 1.82) is 0 Å². The van der Waals surface area contributed by atoms with Gasteiger partial charge < -0.3 is 15.7 Å². The van der Waals surface area contributed by atoms with Gasteiger partial charge in [-0.3, -0.25) is 0 Å². The van der Waals surface area contributed by atoms with Crippen LogP contribution in [0.2, 0.25) is 0 Å². The summed E-state index contributed by atoms with van der Waals surface area (Å²) >= 11 is 0. The summed E-state index contributed by atoms with van der Waals surface area (Å²) in [5, 5.41) is 8.83. The van der Waals surface area contributed by atoms with Gasteiger partial charge in [0.25, 0.3) is 0 Å². The molecule has 1 unspecified atom stereocenters. The van der Waals surface area contributed by atoms with E-state index in [4.69, 9.17) is 10.8 Å². The zero-order valence-corrected chi connectivity index (χ0v) is 9.38. The summed E-state index contributed by atoms with van der Waals surface area (Å²) in [4.78, 5) is 2.23. The number of nitrogens with zero attached hydrogens (tertiary/aromatic N) is 1. The van der Waals surface area contributed by atoms with E-state index in [9.17, 15) is 0 Å². The summed E-state index contributed by atoms with van der Waals surface area (Å²) in [7, 11) is 0. The van der Waals surface area contributed by atoms with E-state index >= 15 is 0 Å². The van der Waals surface area contributed by atoms with Crippen LogP contribution in [0.25, 0.3) is 0 Å². The number of likely N-dealkylation sites (N-methyl/N-ethyl adjacent to an activating group) is 1. The normalized spacial score (nSPS) is 15.0. The first-order chi connectivity index (χ1) is 5.94. The zero-order valence-electron chi connectivity index (χ0n) is 9.38. The van der Waals surface area contributed by atoms with Crippen molar-refractivity contribution < 1.29 is 5.11 Å². The Morgan fingerprint density at radius 2 is 2.00 bits per heavy atom. The van der Waals surface area contributed by atoms with Crippen LogP contribution in [0.5, 0.6) is 0 Å². The van der Waals surface area contributed by atoms with E-state index in [1.807, 2.05) is 6.92 Å². The monoisotopic (exact) mass is 188 g/mol. The van der Waals surface area contributed by atoms with E-state index in [-0.39, 0.29) is 18.1 Å². The van der Waals surface area contributed by atoms with Crippen LogP contribution in [0.3, 0.4) is 0 Å². The van der Waals surface area contributed by atoms with Crippen LogP contribution in [-0.4, -0.2) is 42.3 Å². The van der Waals surface area contributed by atoms with Crippen molar-refractivity contribution in [3.63, 3.8) is 0 Å². The minimum absolute atomic E-state index is 0.116. The molecule has 13 heavy (non-hydrogen) atoms. The van der Waals surface area contributed by atoms with Crippen LogP contribution in [-0.2, 0) is 0 Å². The molecule has 0 saturated heterocycles. The molecule has 0 saturated carbocycles. The van der Waals surface area contributed by atoms with E-state index in [1.54, 1.807) is 0 Å². The molecule has 0 aromatic rings. The van der Waals surface area contributed by atoms with Gasteiger partial charge in [-0.05, 0) is 18.9 Å². The second-order valence-electron chi connectivity index (χ2n) is 4.37. The molecule has 0 radical (unpaired) electrons. The molecule has 0 fully saturated rings. The molecule has 3 N–H and O–H groups in total. The lowest BCUT2D eigenvalue weighted by Crippen LogP contribution is -2.45. The highest BCUT2D eigenvalue weighted by molar-refractivity contribution is 4.81. The molecule has 0 aliphatic rings. The Balaban J connectivity index is 4.05. The lowest BCUT2D eigenvalue weighted by molar-refractivity contribution is 0.136. The quantitative estimate of drug-likeness (QED) is 0.644. The SMILES string of the molecule is CCN(CCO)CC(C)(C)C(C)N. The largest absolute Gasteiger partial charge is 0.395 e. The molecule has 0 aliphatic carbocycles. The highest BCUT2D eigenvalue weighted by Gasteiger charge is 2.24. The molecule has 3 nitrogen and oxygen atoms in total. The fourth-order valence-corrected chi connectivity index (χ4v) is 1.21. The van der Waals surface area contributed by atoms with Crippen LogP contribution in [0.15, 0.2) is 0 Å².